The maximum Gasteiger partial charge on any atom is 0.321 e. The highest BCUT2D eigenvalue weighted by atomic mass is 35.5. The van der Waals surface area contributed by atoms with Crippen molar-refractivity contribution < 1.29 is 9.59 Å². The number of halogens is 1. The first-order valence-electron chi connectivity index (χ1n) is 4.51. The molecule has 2 rings (SSSR count). The summed E-state index contributed by atoms with van der Waals surface area (Å²) in [5.74, 6) is -0.265. The van der Waals surface area contributed by atoms with Crippen LogP contribution in [0.1, 0.15) is 18.0 Å². The molecule has 0 saturated carbocycles. The van der Waals surface area contributed by atoms with Crippen molar-refractivity contribution in [3.05, 3.63) is 34.9 Å². The lowest BCUT2D eigenvalue weighted by Crippen LogP contribution is -2.48. The van der Waals surface area contributed by atoms with Crippen molar-refractivity contribution in [2.24, 2.45) is 0 Å². The number of nitrogens with one attached hydrogen (secondary N) is 2. The van der Waals surface area contributed by atoms with Gasteiger partial charge in [0.2, 0.25) is 5.91 Å². The summed E-state index contributed by atoms with van der Waals surface area (Å²) in [6.07, 6.45) is 0.257. The second-order valence-electron chi connectivity index (χ2n) is 3.33. The third-order valence-corrected chi connectivity index (χ3v) is 2.47. The maximum atomic E-state index is 11.1. The van der Waals surface area contributed by atoms with E-state index in [2.05, 4.69) is 10.6 Å². The van der Waals surface area contributed by atoms with Crippen LogP contribution in [-0.4, -0.2) is 11.9 Å². The fourth-order valence-corrected chi connectivity index (χ4v) is 1.63. The van der Waals surface area contributed by atoms with E-state index < -0.39 is 6.03 Å². The number of carbonyl (C=O) groups is 2. The van der Waals surface area contributed by atoms with Gasteiger partial charge in [0.15, 0.2) is 0 Å². The van der Waals surface area contributed by atoms with Crippen molar-refractivity contribution in [1.29, 1.82) is 0 Å². The Bertz CT molecular complexity index is 386. The molecule has 0 aromatic heterocycles. The number of imide groups is 1. The molecular formula is C10H9ClN2O2. The normalized spacial score (nSPS) is 20.7. The average Bonchev–Trinajstić information content (AvgIpc) is 2.17. The average molecular weight is 225 g/mol. The van der Waals surface area contributed by atoms with Crippen LogP contribution in [0.2, 0.25) is 5.02 Å². The zero-order valence-electron chi connectivity index (χ0n) is 7.79. The van der Waals surface area contributed by atoms with Crippen LogP contribution in [0.15, 0.2) is 24.3 Å². The molecule has 78 valence electrons. The van der Waals surface area contributed by atoms with E-state index in [1.54, 1.807) is 24.3 Å². The van der Waals surface area contributed by atoms with Crippen molar-refractivity contribution >= 4 is 23.5 Å². The summed E-state index contributed by atoms with van der Waals surface area (Å²) >= 11 is 5.74. The number of carbonyl (C=O) groups excluding carboxylic acids is 2. The number of amides is 3. The van der Waals surface area contributed by atoms with E-state index >= 15 is 0 Å². The van der Waals surface area contributed by atoms with Crippen LogP contribution < -0.4 is 10.6 Å². The molecule has 0 aliphatic carbocycles. The van der Waals surface area contributed by atoms with Gasteiger partial charge in [0, 0.05) is 5.02 Å². The molecule has 1 aromatic carbocycles. The number of hydrogen-bond donors (Lipinski definition) is 2. The van der Waals surface area contributed by atoms with Gasteiger partial charge in [0.05, 0.1) is 12.5 Å². The van der Waals surface area contributed by atoms with Crippen LogP contribution in [0.4, 0.5) is 4.79 Å². The lowest BCUT2D eigenvalue weighted by Gasteiger charge is -2.23. The Morgan fingerprint density at radius 2 is 1.87 bits per heavy atom. The molecular weight excluding hydrogens is 216 g/mol. The van der Waals surface area contributed by atoms with Crippen LogP contribution in [0.25, 0.3) is 0 Å². The van der Waals surface area contributed by atoms with Gasteiger partial charge in [-0.3, -0.25) is 10.1 Å². The molecule has 1 unspecified atom stereocenters. The summed E-state index contributed by atoms with van der Waals surface area (Å²) in [4.78, 5) is 22.2. The van der Waals surface area contributed by atoms with Gasteiger partial charge >= 0.3 is 6.03 Å². The van der Waals surface area contributed by atoms with Gasteiger partial charge in [-0.15, -0.1) is 0 Å². The molecule has 1 saturated heterocycles. The minimum atomic E-state index is -0.453. The fourth-order valence-electron chi connectivity index (χ4n) is 1.50. The van der Waals surface area contributed by atoms with Crippen molar-refractivity contribution in [2.75, 3.05) is 0 Å². The second-order valence-corrected chi connectivity index (χ2v) is 3.77. The second kappa shape index (κ2) is 3.90. The van der Waals surface area contributed by atoms with E-state index in [9.17, 15) is 9.59 Å². The van der Waals surface area contributed by atoms with Crippen LogP contribution in [0.5, 0.6) is 0 Å². The van der Waals surface area contributed by atoms with Gasteiger partial charge in [-0.25, -0.2) is 4.79 Å². The highest BCUT2D eigenvalue weighted by molar-refractivity contribution is 6.30. The van der Waals surface area contributed by atoms with Gasteiger partial charge in [-0.05, 0) is 17.7 Å². The van der Waals surface area contributed by atoms with Crippen LogP contribution in [0.3, 0.4) is 0 Å². The lowest BCUT2D eigenvalue weighted by molar-refractivity contribution is -0.121. The minimum absolute atomic E-state index is 0.257. The van der Waals surface area contributed by atoms with Crippen molar-refractivity contribution in [3.63, 3.8) is 0 Å². The fraction of sp³-hybridized carbons (Fsp3) is 0.200. The minimum Gasteiger partial charge on any atom is -0.330 e. The first-order valence-corrected chi connectivity index (χ1v) is 4.89. The van der Waals surface area contributed by atoms with Crippen LogP contribution >= 0.6 is 11.6 Å². The van der Waals surface area contributed by atoms with E-state index in [0.29, 0.717) is 5.02 Å². The van der Waals surface area contributed by atoms with Gasteiger partial charge in [-0.2, -0.15) is 0 Å². The van der Waals surface area contributed by atoms with Crippen molar-refractivity contribution in [2.45, 2.75) is 12.5 Å². The summed E-state index contributed by atoms with van der Waals surface area (Å²) in [6, 6.07) is 6.35. The SMILES string of the molecule is O=C1CC(c2ccc(Cl)cc2)NC(=O)N1. The molecule has 1 atom stereocenters. The highest BCUT2D eigenvalue weighted by Crippen LogP contribution is 2.20. The van der Waals surface area contributed by atoms with Gasteiger partial charge in [0.25, 0.3) is 0 Å². The maximum absolute atomic E-state index is 11.1. The Labute approximate surface area is 91.6 Å². The molecule has 1 aliphatic rings. The topological polar surface area (TPSA) is 58.2 Å². The number of benzene rings is 1. The Hall–Kier alpha value is -1.55. The summed E-state index contributed by atoms with van der Waals surface area (Å²) in [5.41, 5.74) is 0.877. The quantitative estimate of drug-likeness (QED) is 0.762. The number of rotatable bonds is 1. The zero-order chi connectivity index (χ0) is 10.8. The predicted octanol–water partition coefficient (Wildman–Crippen LogP) is 1.61. The predicted molar refractivity (Wildman–Crippen MR) is 55.5 cm³/mol. The van der Waals surface area contributed by atoms with E-state index in [4.69, 9.17) is 11.6 Å². The monoisotopic (exact) mass is 224 g/mol. The molecule has 4 nitrogen and oxygen atoms in total. The lowest BCUT2D eigenvalue weighted by atomic mass is 10.0. The van der Waals surface area contributed by atoms with Crippen molar-refractivity contribution in [3.8, 4) is 0 Å². The van der Waals surface area contributed by atoms with Crippen molar-refractivity contribution in [1.82, 2.24) is 10.6 Å². The Balaban J connectivity index is 2.19. The first kappa shape index (κ1) is 9.98. The van der Waals surface area contributed by atoms with E-state index in [-0.39, 0.29) is 18.4 Å². The van der Waals surface area contributed by atoms with E-state index in [1.807, 2.05) is 0 Å². The largest absolute Gasteiger partial charge is 0.330 e. The summed E-state index contributed by atoms with van der Waals surface area (Å²) in [5, 5.41) is 5.47. The molecule has 1 heterocycles. The van der Waals surface area contributed by atoms with Gasteiger partial charge in [0.1, 0.15) is 0 Å². The van der Waals surface area contributed by atoms with Gasteiger partial charge < -0.3 is 5.32 Å². The molecule has 0 radical (unpaired) electrons. The third-order valence-electron chi connectivity index (χ3n) is 2.22. The molecule has 0 spiro atoms. The molecule has 5 heteroatoms. The van der Waals surface area contributed by atoms with Gasteiger partial charge in [-0.1, -0.05) is 23.7 Å². The third kappa shape index (κ3) is 2.27. The molecule has 3 amide bonds. The Morgan fingerprint density at radius 3 is 2.47 bits per heavy atom. The summed E-state index contributed by atoms with van der Waals surface area (Å²) < 4.78 is 0. The standard InChI is InChI=1S/C10H9ClN2O2/c11-7-3-1-6(2-4-7)8-5-9(14)13-10(15)12-8/h1-4,8H,5H2,(H2,12,13,14,15). The molecule has 15 heavy (non-hydrogen) atoms. The smallest absolute Gasteiger partial charge is 0.321 e. The van der Waals surface area contributed by atoms with Crippen LogP contribution in [-0.2, 0) is 4.79 Å². The molecule has 1 aromatic rings. The highest BCUT2D eigenvalue weighted by Gasteiger charge is 2.24. The summed E-state index contributed by atoms with van der Waals surface area (Å²) in [6.45, 7) is 0. The zero-order valence-corrected chi connectivity index (χ0v) is 8.54. The number of hydrogen-bond acceptors (Lipinski definition) is 2. The molecule has 1 aliphatic heterocycles. The first-order chi connectivity index (χ1) is 7.15. The summed E-state index contributed by atoms with van der Waals surface area (Å²) in [7, 11) is 0. The van der Waals surface area contributed by atoms with E-state index in [1.165, 1.54) is 0 Å². The molecule has 2 N–H and O–H groups in total. The number of urea groups is 1. The Morgan fingerprint density at radius 1 is 1.20 bits per heavy atom. The molecule has 0 bridgehead atoms. The van der Waals surface area contributed by atoms with E-state index in [0.717, 1.165) is 5.56 Å². The van der Waals surface area contributed by atoms with Crippen LogP contribution in [0, 0.1) is 0 Å². The molecule has 1 fully saturated rings. The Kier molecular flexibility index (Phi) is 2.60.